The third-order valence-corrected chi connectivity index (χ3v) is 9.71. The average Bonchev–Trinajstić information content (AvgIpc) is 3.09. The zero-order chi connectivity index (χ0) is 20.9. The number of fused-ring (bicyclic) bond motifs is 4. The molecule has 0 amide bonds. The van der Waals surface area contributed by atoms with E-state index in [9.17, 15) is 0 Å². The highest BCUT2D eigenvalue weighted by atomic mass is 15.1. The Morgan fingerprint density at radius 2 is 1.83 bits per heavy atom. The van der Waals surface area contributed by atoms with Crippen molar-refractivity contribution in [1.29, 1.82) is 0 Å². The summed E-state index contributed by atoms with van der Waals surface area (Å²) in [6, 6.07) is 9.61. The van der Waals surface area contributed by atoms with E-state index in [1.807, 2.05) is 11.1 Å². The van der Waals surface area contributed by atoms with Crippen LogP contribution in [0.4, 0.5) is 5.69 Å². The largest absolute Gasteiger partial charge is 0.378 e. The Labute approximate surface area is 184 Å². The van der Waals surface area contributed by atoms with Gasteiger partial charge in [-0.1, -0.05) is 42.7 Å². The molecule has 30 heavy (non-hydrogen) atoms. The lowest BCUT2D eigenvalue weighted by Crippen LogP contribution is -2.44. The number of hydrogen-bond donors (Lipinski definition) is 0. The smallest absolute Gasteiger partial charge is 0.0361 e. The van der Waals surface area contributed by atoms with E-state index >= 15 is 0 Å². The van der Waals surface area contributed by atoms with E-state index in [-0.39, 0.29) is 0 Å². The van der Waals surface area contributed by atoms with E-state index in [1.54, 1.807) is 5.56 Å². The van der Waals surface area contributed by atoms with Crippen LogP contribution in [0, 0.1) is 29.1 Å². The Bertz CT molecular complexity index is 815. The monoisotopic (exact) mass is 403 g/mol. The van der Waals surface area contributed by atoms with E-state index < -0.39 is 0 Å². The summed E-state index contributed by atoms with van der Waals surface area (Å²) in [6.45, 7) is 6.78. The minimum absolute atomic E-state index is 0.481. The van der Waals surface area contributed by atoms with Crippen molar-refractivity contribution >= 4 is 5.69 Å². The first-order valence-electron chi connectivity index (χ1n) is 12.6. The lowest BCUT2D eigenvalue weighted by atomic mass is 9.51. The van der Waals surface area contributed by atoms with Gasteiger partial charge in [0.15, 0.2) is 0 Å². The van der Waals surface area contributed by atoms with Crippen LogP contribution < -0.4 is 4.90 Å². The zero-order valence-electron chi connectivity index (χ0n) is 19.5. The standard InChI is InChI=1S/C29H41N/c1-5-8-22-14-18-27-25-17-13-20-9-6-7-10-24(20)28(25)26(19-29(22,27)2)21-11-15-23(16-12-21)30(3)4/h5,11-12,15-16,20,22,25-27H,1,6-10,13-14,17-19H2,2-4H3/t20?,22-,25+,26-,27+,29-/m1/s1. The van der Waals surface area contributed by atoms with Crippen molar-refractivity contribution in [3.8, 4) is 0 Å². The van der Waals surface area contributed by atoms with E-state index in [0.29, 0.717) is 11.3 Å². The SMILES string of the molecule is C=CC[C@@H]1CC[C@H]2[C@@H]3CCC4CCCCC4=C3[C@@H](c3ccc(N(C)C)cc3)C[C@]12C. The summed E-state index contributed by atoms with van der Waals surface area (Å²) in [4.78, 5) is 2.22. The molecule has 4 aliphatic rings. The molecule has 6 atom stereocenters. The first kappa shape index (κ1) is 20.4. The number of rotatable bonds is 4. The van der Waals surface area contributed by atoms with Crippen LogP contribution in [0.25, 0.3) is 0 Å². The average molecular weight is 404 g/mol. The molecule has 162 valence electrons. The second kappa shape index (κ2) is 7.88. The third-order valence-electron chi connectivity index (χ3n) is 9.71. The van der Waals surface area contributed by atoms with Gasteiger partial charge in [-0.25, -0.2) is 0 Å². The lowest BCUT2D eigenvalue weighted by Gasteiger charge is -2.54. The van der Waals surface area contributed by atoms with Gasteiger partial charge in [-0.15, -0.1) is 6.58 Å². The highest BCUT2D eigenvalue weighted by Gasteiger charge is 2.56. The maximum Gasteiger partial charge on any atom is 0.0361 e. The van der Waals surface area contributed by atoms with Gasteiger partial charge in [-0.3, -0.25) is 0 Å². The molecule has 0 N–H and O–H groups in total. The van der Waals surface area contributed by atoms with Gasteiger partial charge in [0, 0.05) is 25.7 Å². The predicted octanol–water partition coefficient (Wildman–Crippen LogP) is 7.75. The molecular weight excluding hydrogens is 362 g/mol. The van der Waals surface area contributed by atoms with Crippen molar-refractivity contribution in [2.45, 2.75) is 77.0 Å². The van der Waals surface area contributed by atoms with Gasteiger partial charge in [0.2, 0.25) is 0 Å². The Morgan fingerprint density at radius 3 is 2.57 bits per heavy atom. The number of hydrogen-bond acceptors (Lipinski definition) is 1. The number of allylic oxidation sites excluding steroid dienone is 3. The van der Waals surface area contributed by atoms with Crippen LogP contribution in [0.2, 0.25) is 0 Å². The minimum Gasteiger partial charge on any atom is -0.378 e. The van der Waals surface area contributed by atoms with Crippen LogP contribution in [-0.4, -0.2) is 14.1 Å². The first-order valence-corrected chi connectivity index (χ1v) is 12.6. The number of benzene rings is 1. The normalized spacial score (nSPS) is 37.9. The van der Waals surface area contributed by atoms with Crippen molar-refractivity contribution < 1.29 is 0 Å². The molecular formula is C29H41N. The summed E-state index contributed by atoms with van der Waals surface area (Å²) in [5.74, 6) is 4.14. The molecule has 1 unspecified atom stereocenters. The van der Waals surface area contributed by atoms with E-state index in [0.717, 1.165) is 23.7 Å². The van der Waals surface area contributed by atoms with Gasteiger partial charge >= 0.3 is 0 Å². The topological polar surface area (TPSA) is 3.24 Å². The molecule has 4 aliphatic carbocycles. The van der Waals surface area contributed by atoms with Gasteiger partial charge in [-0.05, 0) is 105 Å². The molecule has 5 rings (SSSR count). The van der Waals surface area contributed by atoms with Gasteiger partial charge in [0.05, 0.1) is 0 Å². The molecule has 0 heterocycles. The minimum atomic E-state index is 0.481. The first-order chi connectivity index (χ1) is 14.5. The lowest BCUT2D eigenvalue weighted by molar-refractivity contribution is 0.0584. The molecule has 0 saturated heterocycles. The van der Waals surface area contributed by atoms with E-state index in [1.165, 1.54) is 69.9 Å². The Hall–Kier alpha value is -1.50. The maximum absolute atomic E-state index is 4.12. The summed E-state index contributed by atoms with van der Waals surface area (Å²) >= 11 is 0. The van der Waals surface area contributed by atoms with Crippen molar-refractivity contribution in [3.63, 3.8) is 0 Å². The molecule has 0 spiro atoms. The highest BCUT2D eigenvalue weighted by molar-refractivity contribution is 5.49. The van der Waals surface area contributed by atoms with Crippen molar-refractivity contribution in [2.24, 2.45) is 29.1 Å². The van der Waals surface area contributed by atoms with Crippen LogP contribution in [0.3, 0.4) is 0 Å². The fraction of sp³-hybridized carbons (Fsp3) is 0.655. The summed E-state index contributed by atoms with van der Waals surface area (Å²) in [5.41, 5.74) is 7.24. The molecule has 0 bridgehead atoms. The molecule has 1 aromatic carbocycles. The number of anilines is 1. The summed E-state index contributed by atoms with van der Waals surface area (Å²) < 4.78 is 0. The molecule has 0 radical (unpaired) electrons. The van der Waals surface area contributed by atoms with Crippen molar-refractivity contribution in [2.75, 3.05) is 19.0 Å². The molecule has 1 aromatic rings. The van der Waals surface area contributed by atoms with Gasteiger partial charge in [-0.2, -0.15) is 0 Å². The summed E-state index contributed by atoms with van der Waals surface area (Å²) in [7, 11) is 4.29. The summed E-state index contributed by atoms with van der Waals surface area (Å²) in [5, 5.41) is 0. The zero-order valence-corrected chi connectivity index (χ0v) is 19.5. The molecule has 1 nitrogen and oxygen atoms in total. The molecule has 0 aliphatic heterocycles. The van der Waals surface area contributed by atoms with Crippen LogP contribution in [0.15, 0.2) is 48.1 Å². The molecule has 0 aromatic heterocycles. The van der Waals surface area contributed by atoms with Gasteiger partial charge in [0.1, 0.15) is 0 Å². The molecule has 3 fully saturated rings. The molecule has 3 saturated carbocycles. The Morgan fingerprint density at radius 1 is 1.03 bits per heavy atom. The van der Waals surface area contributed by atoms with Crippen molar-refractivity contribution in [1.82, 2.24) is 0 Å². The van der Waals surface area contributed by atoms with Crippen molar-refractivity contribution in [3.05, 3.63) is 53.6 Å². The van der Waals surface area contributed by atoms with Crippen LogP contribution in [-0.2, 0) is 0 Å². The van der Waals surface area contributed by atoms with E-state index in [2.05, 4.69) is 62.8 Å². The van der Waals surface area contributed by atoms with Gasteiger partial charge < -0.3 is 4.90 Å². The van der Waals surface area contributed by atoms with Crippen LogP contribution in [0.1, 0.15) is 82.6 Å². The Kier molecular flexibility index (Phi) is 5.36. The predicted molar refractivity (Wildman–Crippen MR) is 129 cm³/mol. The second-order valence-electron chi connectivity index (χ2n) is 11.3. The van der Waals surface area contributed by atoms with E-state index in [4.69, 9.17) is 0 Å². The van der Waals surface area contributed by atoms with Gasteiger partial charge in [0.25, 0.3) is 0 Å². The second-order valence-corrected chi connectivity index (χ2v) is 11.3. The Balaban J connectivity index is 1.60. The van der Waals surface area contributed by atoms with Crippen LogP contribution in [0.5, 0.6) is 0 Å². The van der Waals surface area contributed by atoms with Crippen LogP contribution >= 0.6 is 0 Å². The quantitative estimate of drug-likeness (QED) is 0.465. The fourth-order valence-corrected chi connectivity index (χ4v) is 8.22. The molecule has 1 heteroatoms. The highest BCUT2D eigenvalue weighted by Crippen LogP contribution is 2.66. The fourth-order valence-electron chi connectivity index (χ4n) is 8.22. The summed E-state index contributed by atoms with van der Waals surface area (Å²) in [6.07, 6.45) is 16.3. The number of nitrogens with zero attached hydrogens (tertiary/aromatic N) is 1. The maximum atomic E-state index is 4.12. The third kappa shape index (κ3) is 3.19.